The molecule has 0 aliphatic heterocycles. The number of nitrogens with one attached hydrogen (secondary N) is 1. The molecule has 5 heteroatoms. The second kappa shape index (κ2) is 6.18. The Bertz CT molecular complexity index is 356. The highest BCUT2D eigenvalue weighted by Crippen LogP contribution is 2.16. The Kier molecular flexibility index (Phi) is 4.30. The summed E-state index contributed by atoms with van der Waals surface area (Å²) in [5, 5.41) is 11.0. The molecular weight excluding hydrogens is 214 g/mol. The van der Waals surface area contributed by atoms with Crippen LogP contribution in [0.2, 0.25) is 0 Å². The lowest BCUT2D eigenvalue weighted by Gasteiger charge is -2.23. The third-order valence-corrected chi connectivity index (χ3v) is 3.00. The molecule has 1 heterocycles. The monoisotopic (exact) mass is 233 g/mol. The van der Waals surface area contributed by atoms with E-state index in [1.54, 1.807) is 6.20 Å². The van der Waals surface area contributed by atoms with Gasteiger partial charge in [0, 0.05) is 12.2 Å². The summed E-state index contributed by atoms with van der Waals surface area (Å²) in [6.45, 7) is 0.486. The van der Waals surface area contributed by atoms with Gasteiger partial charge in [0.05, 0.1) is 12.2 Å². The summed E-state index contributed by atoms with van der Waals surface area (Å²) in [7, 11) is 0. The maximum absolute atomic E-state index is 5.84. The Hall–Kier alpha value is -1.65. The molecule has 1 aromatic heterocycles. The van der Waals surface area contributed by atoms with Gasteiger partial charge in [0.15, 0.2) is 5.96 Å². The molecule has 1 aliphatic carbocycles. The van der Waals surface area contributed by atoms with Crippen molar-refractivity contribution in [3.63, 3.8) is 0 Å². The Morgan fingerprint density at radius 2 is 2.24 bits per heavy atom. The zero-order valence-corrected chi connectivity index (χ0v) is 9.97. The van der Waals surface area contributed by atoms with Gasteiger partial charge in [0.1, 0.15) is 0 Å². The fourth-order valence-corrected chi connectivity index (χ4v) is 2.09. The number of hydrogen-bond donors (Lipinski definition) is 2. The van der Waals surface area contributed by atoms with Crippen LogP contribution in [0.15, 0.2) is 23.3 Å². The van der Waals surface area contributed by atoms with Crippen molar-refractivity contribution in [3.8, 4) is 0 Å². The number of rotatable bonds is 3. The third-order valence-electron chi connectivity index (χ3n) is 3.00. The summed E-state index contributed by atoms with van der Waals surface area (Å²) in [6.07, 6.45) is 7.96. The van der Waals surface area contributed by atoms with Gasteiger partial charge >= 0.3 is 0 Å². The van der Waals surface area contributed by atoms with E-state index >= 15 is 0 Å². The normalized spacial score (nSPS) is 18.0. The average molecular weight is 233 g/mol. The molecule has 0 radical (unpaired) electrons. The maximum Gasteiger partial charge on any atom is 0.189 e. The van der Waals surface area contributed by atoms with Crippen molar-refractivity contribution in [2.24, 2.45) is 10.7 Å². The van der Waals surface area contributed by atoms with Crippen LogP contribution in [0.3, 0.4) is 0 Å². The molecule has 0 amide bonds. The molecule has 1 saturated carbocycles. The van der Waals surface area contributed by atoms with E-state index in [0.717, 1.165) is 5.69 Å². The number of guanidine groups is 1. The van der Waals surface area contributed by atoms with Crippen molar-refractivity contribution in [1.82, 2.24) is 15.5 Å². The summed E-state index contributed by atoms with van der Waals surface area (Å²) < 4.78 is 0. The lowest BCUT2D eigenvalue weighted by Crippen LogP contribution is -2.41. The van der Waals surface area contributed by atoms with Gasteiger partial charge < -0.3 is 11.1 Å². The molecule has 0 aromatic carbocycles. The topological polar surface area (TPSA) is 76.2 Å². The summed E-state index contributed by atoms with van der Waals surface area (Å²) >= 11 is 0. The zero-order valence-electron chi connectivity index (χ0n) is 9.97. The Morgan fingerprint density at radius 1 is 1.41 bits per heavy atom. The van der Waals surface area contributed by atoms with Crippen LogP contribution in [0, 0.1) is 0 Å². The lowest BCUT2D eigenvalue weighted by atomic mass is 9.96. The first-order chi connectivity index (χ1) is 8.34. The Morgan fingerprint density at radius 3 is 2.94 bits per heavy atom. The van der Waals surface area contributed by atoms with Crippen molar-refractivity contribution in [3.05, 3.63) is 24.0 Å². The molecule has 1 aromatic rings. The van der Waals surface area contributed by atoms with Crippen LogP contribution in [-0.4, -0.2) is 22.2 Å². The first kappa shape index (κ1) is 11.8. The maximum atomic E-state index is 5.84. The molecule has 0 spiro atoms. The van der Waals surface area contributed by atoms with E-state index in [4.69, 9.17) is 5.73 Å². The van der Waals surface area contributed by atoms with Gasteiger partial charge in [-0.25, -0.2) is 4.99 Å². The summed E-state index contributed by atoms with van der Waals surface area (Å²) in [5.41, 5.74) is 6.68. The molecular formula is C12H19N5. The first-order valence-corrected chi connectivity index (χ1v) is 6.17. The van der Waals surface area contributed by atoms with Gasteiger partial charge in [-0.3, -0.25) is 0 Å². The van der Waals surface area contributed by atoms with Crippen LogP contribution >= 0.6 is 0 Å². The van der Waals surface area contributed by atoms with Gasteiger partial charge in [0.25, 0.3) is 0 Å². The fourth-order valence-electron chi connectivity index (χ4n) is 2.09. The van der Waals surface area contributed by atoms with Gasteiger partial charge in [-0.05, 0) is 25.0 Å². The molecule has 3 N–H and O–H groups in total. The quantitative estimate of drug-likeness (QED) is 0.608. The van der Waals surface area contributed by atoms with Crippen LogP contribution < -0.4 is 11.1 Å². The van der Waals surface area contributed by atoms with E-state index in [1.807, 2.05) is 12.1 Å². The minimum Gasteiger partial charge on any atom is -0.370 e. The molecule has 92 valence electrons. The summed E-state index contributed by atoms with van der Waals surface area (Å²) in [4.78, 5) is 4.27. The smallest absolute Gasteiger partial charge is 0.189 e. The van der Waals surface area contributed by atoms with Gasteiger partial charge in [-0.15, -0.1) is 0 Å². The van der Waals surface area contributed by atoms with E-state index in [-0.39, 0.29) is 0 Å². The van der Waals surface area contributed by atoms with Crippen molar-refractivity contribution < 1.29 is 0 Å². The highest BCUT2D eigenvalue weighted by atomic mass is 15.1. The van der Waals surface area contributed by atoms with E-state index in [2.05, 4.69) is 20.5 Å². The van der Waals surface area contributed by atoms with Gasteiger partial charge in [0.2, 0.25) is 0 Å². The largest absolute Gasteiger partial charge is 0.370 e. The van der Waals surface area contributed by atoms with Gasteiger partial charge in [-0.1, -0.05) is 19.3 Å². The second-order valence-corrected chi connectivity index (χ2v) is 4.40. The third kappa shape index (κ3) is 4.01. The molecule has 0 unspecified atom stereocenters. The summed E-state index contributed by atoms with van der Waals surface area (Å²) in [5.74, 6) is 0.516. The van der Waals surface area contributed by atoms with E-state index in [0.29, 0.717) is 18.5 Å². The minimum atomic E-state index is 0.486. The Labute approximate surface area is 102 Å². The number of hydrogen-bond acceptors (Lipinski definition) is 3. The molecule has 0 saturated heterocycles. The highest BCUT2D eigenvalue weighted by Gasteiger charge is 2.13. The number of nitrogens with zero attached hydrogens (tertiary/aromatic N) is 3. The molecule has 17 heavy (non-hydrogen) atoms. The van der Waals surface area contributed by atoms with E-state index < -0.39 is 0 Å². The van der Waals surface area contributed by atoms with Crippen molar-refractivity contribution in [2.45, 2.75) is 44.7 Å². The standard InChI is InChI=1S/C12H19N5/c13-12(16-10-5-2-1-3-6-10)14-9-11-7-4-8-15-17-11/h4,7-8,10H,1-3,5-6,9H2,(H3,13,14,16). The van der Waals surface area contributed by atoms with E-state index in [1.165, 1.54) is 32.1 Å². The number of nitrogens with two attached hydrogens (primary N) is 1. The predicted molar refractivity (Wildman–Crippen MR) is 67.4 cm³/mol. The lowest BCUT2D eigenvalue weighted by molar-refractivity contribution is 0.412. The fraction of sp³-hybridized carbons (Fsp3) is 0.583. The SMILES string of the molecule is NC(=NCc1cccnn1)NC1CCCCC1. The van der Waals surface area contributed by atoms with Crippen LogP contribution in [0.4, 0.5) is 0 Å². The predicted octanol–water partition coefficient (Wildman–Crippen LogP) is 1.21. The van der Waals surface area contributed by atoms with Crippen LogP contribution in [0.25, 0.3) is 0 Å². The number of aromatic nitrogens is 2. The van der Waals surface area contributed by atoms with Crippen molar-refractivity contribution in [1.29, 1.82) is 0 Å². The molecule has 5 nitrogen and oxygen atoms in total. The van der Waals surface area contributed by atoms with Gasteiger partial charge in [-0.2, -0.15) is 10.2 Å². The van der Waals surface area contributed by atoms with Crippen molar-refractivity contribution in [2.75, 3.05) is 0 Å². The zero-order chi connectivity index (χ0) is 11.9. The summed E-state index contributed by atoms with van der Waals surface area (Å²) in [6, 6.07) is 4.24. The van der Waals surface area contributed by atoms with Crippen LogP contribution in [0.1, 0.15) is 37.8 Å². The molecule has 1 aliphatic rings. The first-order valence-electron chi connectivity index (χ1n) is 6.17. The molecule has 0 atom stereocenters. The number of aliphatic imine (C=N–C) groups is 1. The highest BCUT2D eigenvalue weighted by molar-refractivity contribution is 5.78. The van der Waals surface area contributed by atoms with Crippen molar-refractivity contribution >= 4 is 5.96 Å². The average Bonchev–Trinajstić information content (AvgIpc) is 2.39. The Balaban J connectivity index is 1.80. The molecule has 0 bridgehead atoms. The molecule has 2 rings (SSSR count). The van der Waals surface area contributed by atoms with E-state index in [9.17, 15) is 0 Å². The second-order valence-electron chi connectivity index (χ2n) is 4.40. The van der Waals surface area contributed by atoms with Crippen LogP contribution in [-0.2, 0) is 6.54 Å². The molecule has 1 fully saturated rings. The minimum absolute atomic E-state index is 0.486. The van der Waals surface area contributed by atoms with Crippen LogP contribution in [0.5, 0.6) is 0 Å².